The molecule has 0 atom stereocenters. The molecular formula is C39H23N5O. The van der Waals surface area contributed by atoms with Crippen molar-refractivity contribution in [1.29, 1.82) is 5.26 Å². The number of H-pyrrole nitrogens is 1. The summed E-state index contributed by atoms with van der Waals surface area (Å²) < 4.78 is 8.67. The Hall–Kier alpha value is -6.45. The molecule has 9 rings (SSSR count). The van der Waals surface area contributed by atoms with Crippen molar-refractivity contribution in [3.8, 4) is 45.7 Å². The minimum Gasteiger partial charge on any atom is -0.455 e. The molecule has 0 bridgehead atoms. The molecule has 0 unspecified atom stereocenters. The van der Waals surface area contributed by atoms with Crippen LogP contribution in [0.25, 0.3) is 83.3 Å². The van der Waals surface area contributed by atoms with Crippen LogP contribution < -0.4 is 0 Å². The first-order valence-electron chi connectivity index (χ1n) is 14.7. The second kappa shape index (κ2) is 9.80. The zero-order valence-corrected chi connectivity index (χ0v) is 23.9. The van der Waals surface area contributed by atoms with Crippen molar-refractivity contribution in [2.45, 2.75) is 0 Å². The lowest BCUT2D eigenvalue weighted by atomic mass is 10.0. The Morgan fingerprint density at radius 3 is 2.33 bits per heavy atom. The number of nitrogens with one attached hydrogen (secondary N) is 1. The number of rotatable bonds is 4. The number of hydrogen-bond donors (Lipinski definition) is 1. The molecule has 6 aromatic carbocycles. The molecule has 9 aromatic rings. The highest BCUT2D eigenvalue weighted by Gasteiger charge is 2.17. The van der Waals surface area contributed by atoms with Crippen LogP contribution >= 0.6 is 0 Å². The van der Waals surface area contributed by atoms with Crippen molar-refractivity contribution < 1.29 is 4.42 Å². The molecule has 0 aliphatic rings. The quantitative estimate of drug-likeness (QED) is 0.226. The van der Waals surface area contributed by atoms with Gasteiger partial charge < -0.3 is 8.98 Å². The number of para-hydroxylation sites is 3. The van der Waals surface area contributed by atoms with Gasteiger partial charge in [-0.3, -0.25) is 5.10 Å². The molecule has 0 spiro atoms. The highest BCUT2D eigenvalue weighted by molar-refractivity contribution is 6.13. The predicted molar refractivity (Wildman–Crippen MR) is 179 cm³/mol. The van der Waals surface area contributed by atoms with Gasteiger partial charge in [-0.25, -0.2) is 4.98 Å². The molecular weight excluding hydrogens is 554 g/mol. The second-order valence-electron chi connectivity index (χ2n) is 11.1. The highest BCUT2D eigenvalue weighted by atomic mass is 16.3. The summed E-state index contributed by atoms with van der Waals surface area (Å²) in [6.45, 7) is 0. The van der Waals surface area contributed by atoms with E-state index in [9.17, 15) is 5.26 Å². The number of aromatic nitrogens is 4. The molecule has 45 heavy (non-hydrogen) atoms. The normalized spacial score (nSPS) is 11.5. The molecule has 6 heteroatoms. The van der Waals surface area contributed by atoms with Gasteiger partial charge in [-0.2, -0.15) is 10.4 Å². The van der Waals surface area contributed by atoms with E-state index >= 15 is 0 Å². The molecule has 0 aliphatic carbocycles. The lowest BCUT2D eigenvalue weighted by Gasteiger charge is -2.10. The van der Waals surface area contributed by atoms with Crippen LogP contribution in [0.3, 0.4) is 0 Å². The average molecular weight is 578 g/mol. The maximum absolute atomic E-state index is 9.30. The molecule has 210 valence electrons. The SMILES string of the molecule is N#Cc1cccc(-c2n[nH]c(-c3cccc(-n4c5ccccc5c5cc(-c6cccc7c6oc6ccccc67)ccc54)c3)n2)c1. The van der Waals surface area contributed by atoms with Crippen LogP contribution in [0.4, 0.5) is 0 Å². The third kappa shape index (κ3) is 3.95. The first-order valence-corrected chi connectivity index (χ1v) is 14.7. The fourth-order valence-corrected chi connectivity index (χ4v) is 6.43. The van der Waals surface area contributed by atoms with Crippen molar-refractivity contribution in [2.24, 2.45) is 0 Å². The Morgan fingerprint density at radius 2 is 1.40 bits per heavy atom. The van der Waals surface area contributed by atoms with Crippen LogP contribution in [0.1, 0.15) is 5.56 Å². The number of nitriles is 1. The first-order chi connectivity index (χ1) is 22.2. The summed E-state index contributed by atoms with van der Waals surface area (Å²) in [6, 6.07) is 47.6. The highest BCUT2D eigenvalue weighted by Crippen LogP contribution is 2.39. The summed E-state index contributed by atoms with van der Waals surface area (Å²) in [5.74, 6) is 1.22. The van der Waals surface area contributed by atoms with E-state index in [4.69, 9.17) is 9.40 Å². The largest absolute Gasteiger partial charge is 0.455 e. The summed E-state index contributed by atoms with van der Waals surface area (Å²) in [5, 5.41) is 21.4. The van der Waals surface area contributed by atoms with E-state index in [-0.39, 0.29) is 0 Å². The van der Waals surface area contributed by atoms with Gasteiger partial charge in [-0.05, 0) is 54.1 Å². The van der Waals surface area contributed by atoms with Crippen molar-refractivity contribution >= 4 is 43.7 Å². The van der Waals surface area contributed by atoms with Gasteiger partial charge in [-0.1, -0.05) is 84.9 Å². The topological polar surface area (TPSA) is 83.4 Å². The second-order valence-corrected chi connectivity index (χ2v) is 11.1. The van der Waals surface area contributed by atoms with Crippen molar-refractivity contribution in [3.63, 3.8) is 0 Å². The van der Waals surface area contributed by atoms with Crippen LogP contribution in [0.5, 0.6) is 0 Å². The fraction of sp³-hybridized carbons (Fsp3) is 0. The van der Waals surface area contributed by atoms with Gasteiger partial charge in [0.25, 0.3) is 0 Å². The van der Waals surface area contributed by atoms with Crippen LogP contribution in [0.2, 0.25) is 0 Å². The number of aromatic amines is 1. The van der Waals surface area contributed by atoms with E-state index in [2.05, 4.69) is 106 Å². The zero-order chi connectivity index (χ0) is 29.9. The molecule has 6 nitrogen and oxygen atoms in total. The van der Waals surface area contributed by atoms with Crippen LogP contribution in [-0.2, 0) is 0 Å². The molecule has 0 fully saturated rings. The number of furan rings is 1. The molecule has 0 saturated heterocycles. The summed E-state index contributed by atoms with van der Waals surface area (Å²) in [6.07, 6.45) is 0. The number of fused-ring (bicyclic) bond motifs is 6. The summed E-state index contributed by atoms with van der Waals surface area (Å²) in [4.78, 5) is 4.76. The Morgan fingerprint density at radius 1 is 0.622 bits per heavy atom. The van der Waals surface area contributed by atoms with Gasteiger partial charge >= 0.3 is 0 Å². The smallest absolute Gasteiger partial charge is 0.181 e. The maximum Gasteiger partial charge on any atom is 0.181 e. The molecule has 0 radical (unpaired) electrons. The van der Waals surface area contributed by atoms with Crippen molar-refractivity contribution in [3.05, 3.63) is 139 Å². The van der Waals surface area contributed by atoms with E-state index < -0.39 is 0 Å². The Bertz CT molecular complexity index is 2630. The third-order valence-electron chi connectivity index (χ3n) is 8.50. The average Bonchev–Trinajstić information content (AvgIpc) is 3.83. The van der Waals surface area contributed by atoms with Crippen LogP contribution in [-0.4, -0.2) is 19.7 Å². The van der Waals surface area contributed by atoms with E-state index in [1.807, 2.05) is 36.4 Å². The standard InChI is InChI=1S/C39H23N5O/c40-23-24-8-5-9-26(20-24)38-41-39(43-42-38)27-10-6-11-28(21-27)44-34-16-3-1-12-30(34)33-22-25(18-19-35(33)44)29-14-7-15-32-31-13-2-4-17-36(31)45-37(29)32/h1-22H,(H,41,42,43). The van der Waals surface area contributed by atoms with Crippen LogP contribution in [0, 0.1) is 11.3 Å². The Balaban J connectivity index is 1.18. The predicted octanol–water partition coefficient (Wildman–Crippen LogP) is 9.67. The molecule has 1 N–H and O–H groups in total. The molecule has 3 heterocycles. The molecule has 0 saturated carbocycles. The monoisotopic (exact) mass is 577 g/mol. The Labute approximate surface area is 257 Å². The zero-order valence-electron chi connectivity index (χ0n) is 23.9. The first kappa shape index (κ1) is 25.1. The van der Waals surface area contributed by atoms with Gasteiger partial charge in [0.05, 0.1) is 22.7 Å². The Kier molecular flexibility index (Phi) is 5.46. The summed E-state index contributed by atoms with van der Waals surface area (Å²) >= 11 is 0. The number of nitrogens with zero attached hydrogens (tertiary/aromatic N) is 4. The van der Waals surface area contributed by atoms with Gasteiger partial charge in [-0.15, -0.1) is 0 Å². The van der Waals surface area contributed by atoms with E-state index in [0.717, 1.165) is 60.9 Å². The molecule has 3 aromatic heterocycles. The summed E-state index contributed by atoms with van der Waals surface area (Å²) in [7, 11) is 0. The van der Waals surface area contributed by atoms with Gasteiger partial charge in [0.2, 0.25) is 0 Å². The maximum atomic E-state index is 9.30. The van der Waals surface area contributed by atoms with E-state index in [1.54, 1.807) is 12.1 Å². The number of hydrogen-bond acceptors (Lipinski definition) is 4. The van der Waals surface area contributed by atoms with Gasteiger partial charge in [0.1, 0.15) is 11.2 Å². The molecule has 0 aliphatic heterocycles. The van der Waals surface area contributed by atoms with Crippen LogP contribution in [0.15, 0.2) is 138 Å². The van der Waals surface area contributed by atoms with E-state index in [1.165, 1.54) is 10.8 Å². The lowest BCUT2D eigenvalue weighted by Crippen LogP contribution is -1.94. The lowest BCUT2D eigenvalue weighted by molar-refractivity contribution is 0.670. The minimum atomic E-state index is 0.552. The third-order valence-corrected chi connectivity index (χ3v) is 8.50. The number of benzene rings is 6. The molecule has 0 amide bonds. The van der Waals surface area contributed by atoms with E-state index in [0.29, 0.717) is 17.2 Å². The summed E-state index contributed by atoms with van der Waals surface area (Å²) in [5.41, 5.74) is 9.53. The van der Waals surface area contributed by atoms with Gasteiger partial charge in [0.15, 0.2) is 11.6 Å². The van der Waals surface area contributed by atoms with Crippen molar-refractivity contribution in [1.82, 2.24) is 19.7 Å². The minimum absolute atomic E-state index is 0.552. The fourth-order valence-electron chi connectivity index (χ4n) is 6.43. The van der Waals surface area contributed by atoms with Crippen molar-refractivity contribution in [2.75, 3.05) is 0 Å². The van der Waals surface area contributed by atoms with Gasteiger partial charge in [0, 0.05) is 43.9 Å².